The van der Waals surface area contributed by atoms with Crippen molar-refractivity contribution in [2.45, 2.75) is 44.2 Å². The maximum atomic E-state index is 11.5. The van der Waals surface area contributed by atoms with E-state index >= 15 is 0 Å². The van der Waals surface area contributed by atoms with E-state index in [-0.39, 0.29) is 36.0 Å². The van der Waals surface area contributed by atoms with Crippen molar-refractivity contribution in [2.24, 2.45) is 10.9 Å². The predicted molar refractivity (Wildman–Crippen MR) is 97.6 cm³/mol. The van der Waals surface area contributed by atoms with Crippen LogP contribution in [-0.4, -0.2) is 57.7 Å². The van der Waals surface area contributed by atoms with Crippen molar-refractivity contribution in [3.63, 3.8) is 0 Å². The largest absolute Gasteiger partial charge is 0.376 e. The number of halogens is 1. The molecule has 2 aliphatic heterocycles. The van der Waals surface area contributed by atoms with Crippen molar-refractivity contribution < 1.29 is 13.2 Å². The Bertz CT molecular complexity index is 488. The first kappa shape index (κ1) is 18.3. The zero-order chi connectivity index (χ0) is 14.7. The molecular weight excluding hydrogens is 417 g/mol. The third kappa shape index (κ3) is 5.84. The van der Waals surface area contributed by atoms with Crippen molar-refractivity contribution in [1.82, 2.24) is 10.6 Å². The molecule has 0 spiro atoms. The molecule has 0 aromatic heterocycles. The molecule has 2 heterocycles. The van der Waals surface area contributed by atoms with Gasteiger partial charge >= 0.3 is 0 Å². The third-order valence-corrected chi connectivity index (χ3v) is 6.11. The van der Waals surface area contributed by atoms with Crippen LogP contribution in [0.4, 0.5) is 0 Å². The molecule has 0 aromatic rings. The first-order valence-corrected chi connectivity index (χ1v) is 9.80. The monoisotopic (exact) mass is 443 g/mol. The van der Waals surface area contributed by atoms with E-state index in [1.54, 1.807) is 0 Å². The van der Waals surface area contributed by atoms with Crippen molar-refractivity contribution in [3.05, 3.63) is 0 Å². The molecule has 6 nitrogen and oxygen atoms in total. The van der Waals surface area contributed by atoms with Gasteiger partial charge in [0, 0.05) is 25.7 Å². The fourth-order valence-corrected chi connectivity index (χ4v) is 4.68. The molecule has 0 bridgehead atoms. The summed E-state index contributed by atoms with van der Waals surface area (Å²) in [6.45, 7) is 2.23. The van der Waals surface area contributed by atoms with Crippen molar-refractivity contribution in [3.8, 4) is 0 Å². The Kier molecular flexibility index (Phi) is 6.75. The highest BCUT2D eigenvalue weighted by molar-refractivity contribution is 14.0. The Hall–Kier alpha value is -0.0900. The minimum atomic E-state index is -2.81. The van der Waals surface area contributed by atoms with Crippen LogP contribution < -0.4 is 10.6 Å². The van der Waals surface area contributed by atoms with Gasteiger partial charge in [0.2, 0.25) is 0 Å². The number of hydrogen-bond donors (Lipinski definition) is 2. The first-order valence-electron chi connectivity index (χ1n) is 7.97. The van der Waals surface area contributed by atoms with Crippen LogP contribution in [0.15, 0.2) is 4.99 Å². The molecular formula is C14H26IN3O3S. The highest BCUT2D eigenvalue weighted by Gasteiger charge is 2.28. The van der Waals surface area contributed by atoms with Crippen LogP contribution in [0.25, 0.3) is 0 Å². The Morgan fingerprint density at radius 2 is 2.05 bits per heavy atom. The highest BCUT2D eigenvalue weighted by Crippen LogP contribution is 2.20. The summed E-state index contributed by atoms with van der Waals surface area (Å²) in [5.41, 5.74) is 0. The fourth-order valence-electron chi connectivity index (χ4n) is 2.83. The fraction of sp³-hybridized carbons (Fsp3) is 0.929. The summed E-state index contributed by atoms with van der Waals surface area (Å²) in [5, 5.41) is 6.74. The maximum absolute atomic E-state index is 11.5. The Morgan fingerprint density at radius 1 is 1.23 bits per heavy atom. The van der Waals surface area contributed by atoms with Gasteiger partial charge in [0.05, 0.1) is 17.6 Å². The topological polar surface area (TPSA) is 79.8 Å². The number of guanidine groups is 1. The van der Waals surface area contributed by atoms with Gasteiger partial charge in [0.15, 0.2) is 15.8 Å². The summed E-state index contributed by atoms with van der Waals surface area (Å²) in [6.07, 6.45) is 5.65. The van der Waals surface area contributed by atoms with Crippen LogP contribution >= 0.6 is 24.0 Å². The van der Waals surface area contributed by atoms with Crippen LogP contribution in [0, 0.1) is 5.92 Å². The molecule has 3 fully saturated rings. The minimum absolute atomic E-state index is 0. The molecule has 2 atom stereocenters. The van der Waals surface area contributed by atoms with Gasteiger partial charge in [0.1, 0.15) is 0 Å². The predicted octanol–water partition coefficient (Wildman–Crippen LogP) is 0.916. The standard InChI is InChI=1S/C14H25N3O3S.HI/c18-21(19)7-5-11(10-21)8-15-14(17-12-3-4-12)16-9-13-2-1-6-20-13;/h11-13H,1-10H2,(H2,15,16,17);1H. The summed E-state index contributed by atoms with van der Waals surface area (Å²) in [6, 6.07) is 0.535. The van der Waals surface area contributed by atoms with E-state index in [1.807, 2.05) is 0 Å². The lowest BCUT2D eigenvalue weighted by atomic mass is 10.1. The number of sulfone groups is 1. The van der Waals surface area contributed by atoms with Crippen LogP contribution in [0.5, 0.6) is 0 Å². The number of nitrogens with one attached hydrogen (secondary N) is 2. The Balaban J connectivity index is 0.00000176. The van der Waals surface area contributed by atoms with Gasteiger partial charge in [-0.25, -0.2) is 8.42 Å². The summed E-state index contributed by atoms with van der Waals surface area (Å²) in [7, 11) is -2.81. The number of rotatable bonds is 5. The lowest BCUT2D eigenvalue weighted by molar-refractivity contribution is 0.113. The van der Waals surface area contributed by atoms with Gasteiger partial charge in [-0.3, -0.25) is 4.99 Å². The molecule has 0 radical (unpaired) electrons. The summed E-state index contributed by atoms with van der Waals surface area (Å²) >= 11 is 0. The van der Waals surface area contributed by atoms with Gasteiger partial charge in [-0.15, -0.1) is 24.0 Å². The number of hydrogen-bond acceptors (Lipinski definition) is 4. The number of aliphatic imine (C=N–C) groups is 1. The molecule has 2 N–H and O–H groups in total. The van der Waals surface area contributed by atoms with E-state index in [2.05, 4.69) is 15.6 Å². The second-order valence-electron chi connectivity index (χ2n) is 6.39. The van der Waals surface area contributed by atoms with E-state index < -0.39 is 9.84 Å². The Labute approximate surface area is 149 Å². The quantitative estimate of drug-likeness (QED) is 0.375. The first-order chi connectivity index (χ1) is 10.1. The van der Waals surface area contributed by atoms with E-state index in [1.165, 1.54) is 12.8 Å². The molecule has 1 aliphatic carbocycles. The van der Waals surface area contributed by atoms with Gasteiger partial charge < -0.3 is 15.4 Å². The number of nitrogens with zero attached hydrogens (tertiary/aromatic N) is 1. The zero-order valence-electron chi connectivity index (χ0n) is 12.8. The lowest BCUT2D eigenvalue weighted by Gasteiger charge is -2.16. The molecule has 3 aliphatic rings. The molecule has 0 aromatic carbocycles. The van der Waals surface area contributed by atoms with E-state index in [0.717, 1.165) is 38.4 Å². The van der Waals surface area contributed by atoms with Gasteiger partial charge in [0.25, 0.3) is 0 Å². The average molecular weight is 443 g/mol. The van der Waals surface area contributed by atoms with Gasteiger partial charge in [-0.1, -0.05) is 0 Å². The molecule has 3 rings (SSSR count). The van der Waals surface area contributed by atoms with E-state index in [9.17, 15) is 8.42 Å². The summed E-state index contributed by atoms with van der Waals surface area (Å²) in [5.74, 6) is 1.61. The maximum Gasteiger partial charge on any atom is 0.191 e. The van der Waals surface area contributed by atoms with Crippen molar-refractivity contribution in [2.75, 3.05) is 31.2 Å². The molecule has 2 saturated heterocycles. The Morgan fingerprint density at radius 3 is 2.64 bits per heavy atom. The normalized spacial score (nSPS) is 30.8. The highest BCUT2D eigenvalue weighted by atomic mass is 127. The lowest BCUT2D eigenvalue weighted by Crippen LogP contribution is -2.42. The molecule has 2 unspecified atom stereocenters. The summed E-state index contributed by atoms with van der Waals surface area (Å²) in [4.78, 5) is 4.59. The van der Waals surface area contributed by atoms with Crippen LogP contribution in [0.1, 0.15) is 32.1 Å². The van der Waals surface area contributed by atoms with Crippen LogP contribution in [-0.2, 0) is 14.6 Å². The molecule has 8 heteroatoms. The molecule has 1 saturated carbocycles. The second-order valence-corrected chi connectivity index (χ2v) is 8.62. The van der Waals surface area contributed by atoms with E-state index in [4.69, 9.17) is 4.74 Å². The van der Waals surface area contributed by atoms with E-state index in [0.29, 0.717) is 24.1 Å². The zero-order valence-corrected chi connectivity index (χ0v) is 15.9. The molecule has 0 amide bonds. The van der Waals surface area contributed by atoms with Crippen LogP contribution in [0.2, 0.25) is 0 Å². The van der Waals surface area contributed by atoms with Gasteiger partial charge in [-0.2, -0.15) is 0 Å². The molecule has 128 valence electrons. The average Bonchev–Trinajstić information content (AvgIpc) is 2.97. The van der Waals surface area contributed by atoms with Crippen molar-refractivity contribution >= 4 is 39.8 Å². The summed E-state index contributed by atoms with van der Waals surface area (Å²) < 4.78 is 28.6. The SMILES string of the molecule is I.O=S1(=O)CCC(CN=C(NCC2CCCO2)NC2CC2)C1. The second kappa shape index (κ2) is 8.14. The minimum Gasteiger partial charge on any atom is -0.376 e. The van der Waals surface area contributed by atoms with Crippen LogP contribution in [0.3, 0.4) is 0 Å². The van der Waals surface area contributed by atoms with Crippen molar-refractivity contribution in [1.29, 1.82) is 0 Å². The number of ether oxygens (including phenoxy) is 1. The third-order valence-electron chi connectivity index (χ3n) is 4.27. The molecule has 22 heavy (non-hydrogen) atoms. The smallest absolute Gasteiger partial charge is 0.191 e. The van der Waals surface area contributed by atoms with Gasteiger partial charge in [-0.05, 0) is 38.0 Å².